The third-order valence-electron chi connectivity index (χ3n) is 3.39. The van der Waals surface area contributed by atoms with Crippen molar-refractivity contribution in [2.24, 2.45) is 0 Å². The predicted molar refractivity (Wildman–Crippen MR) is 79.7 cm³/mol. The van der Waals surface area contributed by atoms with Gasteiger partial charge in [0.2, 0.25) is 11.9 Å². The molecule has 0 aliphatic carbocycles. The highest BCUT2D eigenvalue weighted by Gasteiger charge is 2.17. The second kappa shape index (κ2) is 7.75. The van der Waals surface area contributed by atoms with Gasteiger partial charge in [-0.3, -0.25) is 4.79 Å². The molecule has 1 aliphatic heterocycles. The zero-order valence-corrected chi connectivity index (χ0v) is 12.4. The Hall–Kier alpha value is -1.92. The maximum absolute atomic E-state index is 13.6. The first-order valence-corrected chi connectivity index (χ1v) is 7.48. The van der Waals surface area contributed by atoms with Crippen molar-refractivity contribution in [3.05, 3.63) is 12.0 Å². The van der Waals surface area contributed by atoms with Crippen molar-refractivity contribution >= 4 is 17.7 Å². The lowest BCUT2D eigenvalue weighted by atomic mass is 10.1. The van der Waals surface area contributed by atoms with Crippen molar-refractivity contribution in [1.82, 2.24) is 14.9 Å². The highest BCUT2D eigenvalue weighted by molar-refractivity contribution is 5.80. The number of aromatic nitrogens is 2. The molecule has 0 radical (unpaired) electrons. The van der Waals surface area contributed by atoms with Crippen molar-refractivity contribution in [2.45, 2.75) is 32.6 Å². The molecule has 2 rings (SSSR count). The molecule has 1 amide bonds. The van der Waals surface area contributed by atoms with Gasteiger partial charge in [-0.1, -0.05) is 6.92 Å². The van der Waals surface area contributed by atoms with Crippen LogP contribution >= 0.6 is 0 Å². The molecule has 0 spiro atoms. The van der Waals surface area contributed by atoms with E-state index in [2.05, 4.69) is 20.6 Å². The lowest BCUT2D eigenvalue weighted by molar-refractivity contribution is -0.130. The quantitative estimate of drug-likeness (QED) is 0.838. The minimum Gasteiger partial charge on any atom is -0.358 e. The third kappa shape index (κ3) is 4.54. The molecule has 1 fully saturated rings. The fourth-order valence-electron chi connectivity index (χ4n) is 2.23. The summed E-state index contributed by atoms with van der Waals surface area (Å²) in [6, 6.07) is 0. The maximum Gasteiger partial charge on any atom is 0.241 e. The molecule has 2 N–H and O–H groups in total. The van der Waals surface area contributed by atoms with Crippen molar-refractivity contribution in [3.8, 4) is 0 Å². The monoisotopic (exact) mass is 295 g/mol. The maximum atomic E-state index is 13.6. The van der Waals surface area contributed by atoms with Gasteiger partial charge in [-0.15, -0.1) is 0 Å². The van der Waals surface area contributed by atoms with E-state index in [1.165, 1.54) is 6.42 Å². The molecule has 21 heavy (non-hydrogen) atoms. The van der Waals surface area contributed by atoms with E-state index in [9.17, 15) is 9.18 Å². The number of carbonyl (C=O) groups is 1. The number of piperidine rings is 1. The molecule has 0 saturated carbocycles. The van der Waals surface area contributed by atoms with Gasteiger partial charge in [0, 0.05) is 19.6 Å². The molecule has 7 heteroatoms. The van der Waals surface area contributed by atoms with E-state index < -0.39 is 5.82 Å². The summed E-state index contributed by atoms with van der Waals surface area (Å²) in [6.45, 7) is 4.37. The molecule has 2 heterocycles. The fourth-order valence-corrected chi connectivity index (χ4v) is 2.23. The Balaban J connectivity index is 1.90. The van der Waals surface area contributed by atoms with Crippen LogP contribution in [0.3, 0.4) is 0 Å². The molecule has 1 saturated heterocycles. The number of anilines is 2. The summed E-state index contributed by atoms with van der Waals surface area (Å²) < 4.78 is 13.6. The summed E-state index contributed by atoms with van der Waals surface area (Å²) in [7, 11) is 0. The molecule has 1 aliphatic rings. The average Bonchev–Trinajstić information content (AvgIpc) is 2.53. The first-order chi connectivity index (χ1) is 10.2. The first-order valence-electron chi connectivity index (χ1n) is 7.48. The van der Waals surface area contributed by atoms with Gasteiger partial charge in [0.25, 0.3) is 0 Å². The number of likely N-dealkylation sites (tertiary alicyclic amines) is 1. The topological polar surface area (TPSA) is 70.2 Å². The summed E-state index contributed by atoms with van der Waals surface area (Å²) in [5.41, 5.74) is 0. The van der Waals surface area contributed by atoms with Crippen LogP contribution in [0.5, 0.6) is 0 Å². The van der Waals surface area contributed by atoms with Crippen LogP contribution in [0.1, 0.15) is 32.6 Å². The van der Waals surface area contributed by atoms with Gasteiger partial charge in [0.15, 0.2) is 11.6 Å². The lowest BCUT2D eigenvalue weighted by Crippen LogP contribution is -2.39. The van der Waals surface area contributed by atoms with Crippen LogP contribution in [-0.4, -0.2) is 47.0 Å². The molecule has 0 bridgehead atoms. The Morgan fingerprint density at radius 1 is 1.33 bits per heavy atom. The zero-order chi connectivity index (χ0) is 15.1. The lowest BCUT2D eigenvalue weighted by Gasteiger charge is -2.26. The van der Waals surface area contributed by atoms with Crippen LogP contribution in [0.2, 0.25) is 0 Å². The predicted octanol–water partition coefficient (Wildman–Crippen LogP) is 1.86. The second-order valence-electron chi connectivity index (χ2n) is 5.11. The Labute approximate surface area is 124 Å². The normalized spacial score (nSPS) is 14.9. The third-order valence-corrected chi connectivity index (χ3v) is 3.39. The SMILES string of the molecule is CCCNc1ncc(F)c(NCC(=O)N2CCCCC2)n1. The van der Waals surface area contributed by atoms with Gasteiger partial charge in [-0.25, -0.2) is 9.37 Å². The fraction of sp³-hybridized carbons (Fsp3) is 0.643. The van der Waals surface area contributed by atoms with Gasteiger partial charge in [-0.05, 0) is 25.7 Å². The minimum atomic E-state index is -0.552. The van der Waals surface area contributed by atoms with E-state index >= 15 is 0 Å². The van der Waals surface area contributed by atoms with Gasteiger partial charge >= 0.3 is 0 Å². The molecule has 6 nitrogen and oxygen atoms in total. The van der Waals surface area contributed by atoms with Crippen molar-refractivity contribution in [3.63, 3.8) is 0 Å². The first kappa shape index (κ1) is 15.5. The van der Waals surface area contributed by atoms with Crippen LogP contribution in [0.4, 0.5) is 16.2 Å². The summed E-state index contributed by atoms with van der Waals surface area (Å²) in [6.07, 6.45) is 5.29. The standard InChI is InChI=1S/C14H22FN5O/c1-2-6-16-14-18-9-11(15)13(19-14)17-10-12(21)20-7-4-3-5-8-20/h9H,2-8,10H2,1H3,(H2,16,17,18,19). The molecule has 0 aromatic carbocycles. The molecule has 1 aromatic heterocycles. The smallest absolute Gasteiger partial charge is 0.241 e. The largest absolute Gasteiger partial charge is 0.358 e. The van der Waals surface area contributed by atoms with Crippen molar-refractivity contribution in [2.75, 3.05) is 36.8 Å². The Morgan fingerprint density at radius 3 is 2.81 bits per heavy atom. The Bertz CT molecular complexity index is 476. The van der Waals surface area contributed by atoms with Crippen LogP contribution in [0.15, 0.2) is 6.20 Å². The Kier molecular flexibility index (Phi) is 5.71. The van der Waals surface area contributed by atoms with Gasteiger partial charge in [0.05, 0.1) is 12.7 Å². The summed E-state index contributed by atoms with van der Waals surface area (Å²) in [5, 5.41) is 5.76. The van der Waals surface area contributed by atoms with Gasteiger partial charge in [-0.2, -0.15) is 4.98 Å². The Morgan fingerprint density at radius 2 is 2.10 bits per heavy atom. The number of carbonyl (C=O) groups excluding carboxylic acids is 1. The summed E-state index contributed by atoms with van der Waals surface area (Å²) in [5.74, 6) is -0.139. The zero-order valence-electron chi connectivity index (χ0n) is 12.4. The minimum absolute atomic E-state index is 0.0178. The van der Waals surface area contributed by atoms with E-state index in [4.69, 9.17) is 0 Å². The van der Waals surface area contributed by atoms with Crippen LogP contribution in [0.25, 0.3) is 0 Å². The molecular weight excluding hydrogens is 273 g/mol. The molecule has 0 atom stereocenters. The van der Waals surface area contributed by atoms with Crippen LogP contribution in [0, 0.1) is 5.82 Å². The van der Waals surface area contributed by atoms with E-state index in [0.717, 1.165) is 45.1 Å². The van der Waals surface area contributed by atoms with E-state index in [-0.39, 0.29) is 18.3 Å². The summed E-state index contributed by atoms with van der Waals surface area (Å²) >= 11 is 0. The molecular formula is C14H22FN5O. The molecule has 0 unspecified atom stereocenters. The van der Waals surface area contributed by atoms with E-state index in [0.29, 0.717) is 5.95 Å². The second-order valence-corrected chi connectivity index (χ2v) is 5.11. The number of amides is 1. The highest BCUT2D eigenvalue weighted by Crippen LogP contribution is 2.13. The van der Waals surface area contributed by atoms with Crippen molar-refractivity contribution < 1.29 is 9.18 Å². The highest BCUT2D eigenvalue weighted by atomic mass is 19.1. The summed E-state index contributed by atoms with van der Waals surface area (Å²) in [4.78, 5) is 21.7. The number of nitrogens with zero attached hydrogens (tertiary/aromatic N) is 3. The van der Waals surface area contributed by atoms with E-state index in [1.807, 2.05) is 11.8 Å². The van der Waals surface area contributed by atoms with Crippen LogP contribution < -0.4 is 10.6 Å². The number of rotatable bonds is 6. The number of nitrogens with one attached hydrogen (secondary N) is 2. The van der Waals surface area contributed by atoms with Gasteiger partial charge < -0.3 is 15.5 Å². The molecule has 116 valence electrons. The number of hydrogen-bond acceptors (Lipinski definition) is 5. The van der Waals surface area contributed by atoms with Crippen LogP contribution in [-0.2, 0) is 4.79 Å². The molecule has 1 aromatic rings. The number of halogens is 1. The van der Waals surface area contributed by atoms with Gasteiger partial charge in [0.1, 0.15) is 0 Å². The van der Waals surface area contributed by atoms with Crippen molar-refractivity contribution in [1.29, 1.82) is 0 Å². The van der Waals surface area contributed by atoms with E-state index in [1.54, 1.807) is 0 Å². The number of hydrogen-bond donors (Lipinski definition) is 2. The average molecular weight is 295 g/mol.